The quantitative estimate of drug-likeness (QED) is 0.920. The van der Waals surface area contributed by atoms with Gasteiger partial charge < -0.3 is 5.11 Å². The molecule has 0 aliphatic carbocycles. The molecule has 8 heteroatoms. The van der Waals surface area contributed by atoms with Crippen molar-refractivity contribution < 1.29 is 9.90 Å². The van der Waals surface area contributed by atoms with Crippen LogP contribution in [-0.2, 0) is 11.3 Å². The molecule has 100 valence electrons. The van der Waals surface area contributed by atoms with Gasteiger partial charge in [-0.2, -0.15) is 0 Å². The summed E-state index contributed by atoms with van der Waals surface area (Å²) in [5.41, 5.74) is 0.660. The van der Waals surface area contributed by atoms with Crippen molar-refractivity contribution >= 4 is 33.5 Å². The first-order valence-corrected chi connectivity index (χ1v) is 6.60. The average Bonchev–Trinajstić information content (AvgIpc) is 2.77. The highest BCUT2D eigenvalue weighted by Gasteiger charge is 2.18. The van der Waals surface area contributed by atoms with Crippen LogP contribution in [0.5, 0.6) is 0 Å². The third-order valence-corrected chi connectivity index (χ3v) is 3.38. The van der Waals surface area contributed by atoms with Gasteiger partial charge in [-0.05, 0) is 28.6 Å². The topological polar surface area (TPSA) is 80.9 Å². The van der Waals surface area contributed by atoms with Gasteiger partial charge >= 0.3 is 5.97 Å². The molecule has 0 spiro atoms. The molecule has 19 heavy (non-hydrogen) atoms. The first-order valence-electron chi connectivity index (χ1n) is 5.43. The normalized spacial score (nSPS) is 12.4. The van der Waals surface area contributed by atoms with Crippen molar-refractivity contribution in [3.05, 3.63) is 27.7 Å². The molecule has 2 rings (SSSR count). The molecule has 1 unspecified atom stereocenters. The lowest BCUT2D eigenvalue weighted by Gasteiger charge is -2.09. The Morgan fingerprint density at radius 2 is 2.32 bits per heavy atom. The number of nitrogens with zero attached hydrogens (tertiary/aromatic N) is 4. The highest BCUT2D eigenvalue weighted by molar-refractivity contribution is 9.10. The number of hydrogen-bond acceptors (Lipinski definition) is 4. The van der Waals surface area contributed by atoms with Crippen molar-refractivity contribution in [3.63, 3.8) is 0 Å². The fourth-order valence-electron chi connectivity index (χ4n) is 1.53. The number of aromatic nitrogens is 4. The summed E-state index contributed by atoms with van der Waals surface area (Å²) in [6.45, 7) is 1.78. The second kappa shape index (κ2) is 5.66. The van der Waals surface area contributed by atoms with Crippen molar-refractivity contribution in [2.45, 2.75) is 13.5 Å². The average molecular weight is 346 g/mol. The molecule has 0 saturated carbocycles. The molecule has 6 nitrogen and oxygen atoms in total. The van der Waals surface area contributed by atoms with E-state index >= 15 is 0 Å². The van der Waals surface area contributed by atoms with Crippen LogP contribution in [0.25, 0.3) is 11.4 Å². The summed E-state index contributed by atoms with van der Waals surface area (Å²) in [7, 11) is 0. The van der Waals surface area contributed by atoms with Crippen molar-refractivity contribution in [1.82, 2.24) is 20.2 Å². The molecule has 1 aromatic carbocycles. The Labute approximate surface area is 122 Å². The molecule has 0 bridgehead atoms. The van der Waals surface area contributed by atoms with Crippen LogP contribution in [0.3, 0.4) is 0 Å². The highest BCUT2D eigenvalue weighted by Crippen LogP contribution is 2.28. The lowest BCUT2D eigenvalue weighted by atomic mass is 10.1. The summed E-state index contributed by atoms with van der Waals surface area (Å²) in [5.74, 6) is -1.04. The number of carboxylic acid groups (broad SMARTS) is 1. The standard InChI is InChI=1S/C11H10BrClN4O2/c1-6(11(18)19)5-17-10(14-15-16-17)8-3-2-7(12)4-9(8)13/h2-4,6H,5H2,1H3,(H,18,19). The number of aliphatic carboxylic acids is 1. The zero-order valence-electron chi connectivity index (χ0n) is 9.92. The summed E-state index contributed by atoms with van der Waals surface area (Å²) < 4.78 is 2.28. The van der Waals surface area contributed by atoms with Crippen LogP contribution < -0.4 is 0 Å². The van der Waals surface area contributed by atoms with Gasteiger partial charge in [0.05, 0.1) is 17.5 Å². The second-order valence-corrected chi connectivity index (χ2v) is 5.37. The molecule has 2 aromatic rings. The number of halogens is 2. The lowest BCUT2D eigenvalue weighted by molar-refractivity contribution is -0.141. The van der Waals surface area contributed by atoms with E-state index in [1.165, 1.54) is 4.68 Å². The summed E-state index contributed by atoms with van der Waals surface area (Å²) in [6, 6.07) is 5.33. The SMILES string of the molecule is CC(Cn1nnnc1-c1ccc(Br)cc1Cl)C(=O)O. The van der Waals surface area contributed by atoms with Crippen molar-refractivity contribution in [3.8, 4) is 11.4 Å². The maximum Gasteiger partial charge on any atom is 0.308 e. The fraction of sp³-hybridized carbons (Fsp3) is 0.273. The largest absolute Gasteiger partial charge is 0.481 e. The Morgan fingerprint density at radius 3 is 2.95 bits per heavy atom. The third-order valence-electron chi connectivity index (χ3n) is 2.57. The molecule has 0 aliphatic heterocycles. The number of hydrogen-bond donors (Lipinski definition) is 1. The van der Waals surface area contributed by atoms with E-state index in [1.807, 2.05) is 6.07 Å². The minimum atomic E-state index is -0.900. The van der Waals surface area contributed by atoms with E-state index in [-0.39, 0.29) is 6.54 Å². The number of benzene rings is 1. The summed E-state index contributed by atoms with van der Waals surface area (Å²) in [6.07, 6.45) is 0. The molecule has 1 N–H and O–H groups in total. The highest BCUT2D eigenvalue weighted by atomic mass is 79.9. The van der Waals surface area contributed by atoms with E-state index < -0.39 is 11.9 Å². The van der Waals surface area contributed by atoms with Gasteiger partial charge in [0.1, 0.15) is 0 Å². The minimum absolute atomic E-state index is 0.185. The Balaban J connectivity index is 2.36. The van der Waals surface area contributed by atoms with Gasteiger partial charge in [-0.3, -0.25) is 4.79 Å². The molecule has 0 aliphatic rings. The molecular formula is C11H10BrClN4O2. The van der Waals surface area contributed by atoms with Crippen LogP contribution in [0, 0.1) is 5.92 Å². The van der Waals surface area contributed by atoms with E-state index in [9.17, 15) is 4.79 Å². The Morgan fingerprint density at radius 1 is 1.58 bits per heavy atom. The first-order chi connectivity index (χ1) is 8.99. The Hall–Kier alpha value is -1.47. The summed E-state index contributed by atoms with van der Waals surface area (Å²) in [4.78, 5) is 10.9. The molecule has 1 aromatic heterocycles. The maximum atomic E-state index is 10.9. The van der Waals surface area contributed by atoms with Crippen LogP contribution in [0.2, 0.25) is 5.02 Å². The fourth-order valence-corrected chi connectivity index (χ4v) is 2.29. The van der Waals surface area contributed by atoms with Gasteiger partial charge in [0, 0.05) is 10.0 Å². The van der Waals surface area contributed by atoms with E-state index in [1.54, 1.807) is 19.1 Å². The van der Waals surface area contributed by atoms with E-state index in [0.717, 1.165) is 4.47 Å². The first kappa shape index (κ1) is 14.0. The Kier molecular flexibility index (Phi) is 4.16. The summed E-state index contributed by atoms with van der Waals surface area (Å²) in [5, 5.41) is 20.7. The van der Waals surface area contributed by atoms with Crippen LogP contribution in [0.1, 0.15) is 6.92 Å². The molecule has 0 fully saturated rings. The number of tetrazole rings is 1. The maximum absolute atomic E-state index is 10.9. The number of carboxylic acids is 1. The molecule has 0 radical (unpaired) electrons. The van der Waals surface area contributed by atoms with Gasteiger partial charge in [0.2, 0.25) is 0 Å². The van der Waals surface area contributed by atoms with Gasteiger partial charge in [-0.15, -0.1) is 5.10 Å². The van der Waals surface area contributed by atoms with Crippen LogP contribution in [-0.4, -0.2) is 31.3 Å². The van der Waals surface area contributed by atoms with E-state index in [4.69, 9.17) is 16.7 Å². The summed E-state index contributed by atoms with van der Waals surface area (Å²) >= 11 is 9.45. The van der Waals surface area contributed by atoms with Crippen LogP contribution >= 0.6 is 27.5 Å². The Bertz CT molecular complexity index is 616. The third kappa shape index (κ3) is 3.10. The van der Waals surface area contributed by atoms with Gasteiger partial charge in [-0.1, -0.05) is 34.5 Å². The van der Waals surface area contributed by atoms with Crippen LogP contribution in [0.4, 0.5) is 0 Å². The molecule has 0 amide bonds. The zero-order valence-corrected chi connectivity index (χ0v) is 12.3. The smallest absolute Gasteiger partial charge is 0.308 e. The zero-order chi connectivity index (χ0) is 14.0. The molecule has 1 atom stereocenters. The molecular weight excluding hydrogens is 336 g/mol. The van der Waals surface area contributed by atoms with Gasteiger partial charge in [0.15, 0.2) is 5.82 Å². The predicted octanol–water partition coefficient (Wildman–Crippen LogP) is 2.48. The van der Waals surface area contributed by atoms with Crippen molar-refractivity contribution in [1.29, 1.82) is 0 Å². The van der Waals surface area contributed by atoms with E-state index in [0.29, 0.717) is 16.4 Å². The second-order valence-electron chi connectivity index (χ2n) is 4.05. The molecule has 0 saturated heterocycles. The number of rotatable bonds is 4. The lowest BCUT2D eigenvalue weighted by Crippen LogP contribution is -2.18. The van der Waals surface area contributed by atoms with Crippen LogP contribution in [0.15, 0.2) is 22.7 Å². The van der Waals surface area contributed by atoms with Crippen molar-refractivity contribution in [2.75, 3.05) is 0 Å². The van der Waals surface area contributed by atoms with E-state index in [2.05, 4.69) is 31.5 Å². The monoisotopic (exact) mass is 344 g/mol. The molecule has 1 heterocycles. The number of carbonyl (C=O) groups is 1. The van der Waals surface area contributed by atoms with Gasteiger partial charge in [0.25, 0.3) is 0 Å². The van der Waals surface area contributed by atoms with Gasteiger partial charge in [-0.25, -0.2) is 4.68 Å². The predicted molar refractivity (Wildman–Crippen MR) is 72.8 cm³/mol. The van der Waals surface area contributed by atoms with Crippen molar-refractivity contribution in [2.24, 2.45) is 5.92 Å². The minimum Gasteiger partial charge on any atom is -0.481 e.